The van der Waals surface area contributed by atoms with E-state index in [0.29, 0.717) is 16.7 Å². The first-order valence-corrected chi connectivity index (χ1v) is 9.37. The van der Waals surface area contributed by atoms with Crippen molar-refractivity contribution < 1.29 is 9.53 Å². The molecule has 0 saturated heterocycles. The summed E-state index contributed by atoms with van der Waals surface area (Å²) in [7, 11) is 1.59. The highest BCUT2D eigenvalue weighted by molar-refractivity contribution is 7.99. The number of nitrogens with one attached hydrogen (secondary N) is 1. The molecule has 0 fully saturated rings. The number of ether oxygens (including phenoxy) is 1. The molecule has 0 saturated carbocycles. The molecule has 2 aromatic heterocycles. The van der Waals surface area contributed by atoms with Gasteiger partial charge in [-0.2, -0.15) is 9.78 Å². The minimum atomic E-state index is -0.159. The third kappa shape index (κ3) is 4.27. The van der Waals surface area contributed by atoms with Gasteiger partial charge >= 0.3 is 0 Å². The van der Waals surface area contributed by atoms with E-state index in [4.69, 9.17) is 4.74 Å². The number of methoxy groups -OCH3 is 1. The normalized spacial score (nSPS) is 11.0. The second-order valence-corrected chi connectivity index (χ2v) is 7.08. The number of rotatable bonds is 7. The predicted molar refractivity (Wildman–Crippen MR) is 102 cm³/mol. The number of nitrogens with zero attached hydrogens (tertiary/aromatic N) is 6. The summed E-state index contributed by atoms with van der Waals surface area (Å²) in [6, 6.07) is 7.67. The second-order valence-electron chi connectivity index (χ2n) is 6.14. The summed E-state index contributed by atoms with van der Waals surface area (Å²) >= 11 is 1.25. The van der Waals surface area contributed by atoms with E-state index in [9.17, 15) is 4.79 Å². The number of hydrogen-bond acceptors (Lipinski definition) is 7. The number of aryl methyl sites for hydroxylation is 1. The number of hydrogen-bond donors (Lipinski definition) is 1. The number of carbonyl (C=O) groups is 1. The van der Waals surface area contributed by atoms with Gasteiger partial charge in [-0.05, 0) is 48.9 Å². The van der Waals surface area contributed by atoms with E-state index in [1.807, 2.05) is 39.0 Å². The zero-order valence-corrected chi connectivity index (χ0v) is 16.4. The molecule has 0 radical (unpaired) electrons. The molecule has 27 heavy (non-hydrogen) atoms. The van der Waals surface area contributed by atoms with Gasteiger partial charge in [-0.1, -0.05) is 17.8 Å². The molecule has 0 aliphatic rings. The molecule has 0 aliphatic carbocycles. The van der Waals surface area contributed by atoms with E-state index in [1.54, 1.807) is 28.7 Å². The number of tetrazole rings is 1. The van der Waals surface area contributed by atoms with Crippen molar-refractivity contribution in [3.8, 4) is 11.4 Å². The number of carbonyl (C=O) groups excluding carboxylic acids is 1. The number of amides is 1. The molecule has 0 spiro atoms. The Kier molecular flexibility index (Phi) is 5.75. The molecule has 0 unspecified atom stereocenters. The molecule has 10 heteroatoms. The molecule has 0 aliphatic heterocycles. The van der Waals surface area contributed by atoms with Crippen LogP contribution >= 0.6 is 11.8 Å². The topological polar surface area (TPSA) is 99.8 Å². The van der Waals surface area contributed by atoms with Gasteiger partial charge in [0, 0.05) is 12.1 Å². The van der Waals surface area contributed by atoms with Crippen molar-refractivity contribution in [1.29, 1.82) is 0 Å². The third-order valence-corrected chi connectivity index (χ3v) is 4.68. The average Bonchev–Trinajstić information content (AvgIpc) is 3.29. The third-order valence-electron chi connectivity index (χ3n) is 3.76. The van der Waals surface area contributed by atoms with Gasteiger partial charge in [-0.25, -0.2) is 4.68 Å². The summed E-state index contributed by atoms with van der Waals surface area (Å²) in [5.74, 6) is 1.32. The highest BCUT2D eigenvalue weighted by Gasteiger charge is 2.16. The summed E-state index contributed by atoms with van der Waals surface area (Å²) < 4.78 is 8.72. The number of anilines is 1. The molecule has 9 nitrogen and oxygen atoms in total. The maximum atomic E-state index is 12.3. The molecule has 1 amide bonds. The molecule has 2 heterocycles. The van der Waals surface area contributed by atoms with Gasteiger partial charge in [0.15, 0.2) is 0 Å². The van der Waals surface area contributed by atoms with Crippen LogP contribution in [0.1, 0.15) is 25.5 Å². The Hall–Kier alpha value is -2.88. The van der Waals surface area contributed by atoms with Crippen molar-refractivity contribution in [2.45, 2.75) is 32.0 Å². The smallest absolute Gasteiger partial charge is 0.235 e. The quantitative estimate of drug-likeness (QED) is 0.622. The lowest BCUT2D eigenvalue weighted by molar-refractivity contribution is -0.113. The van der Waals surface area contributed by atoms with Gasteiger partial charge in [0.2, 0.25) is 11.1 Å². The maximum absolute atomic E-state index is 12.3. The first kappa shape index (κ1) is 18.9. The Morgan fingerprint density at radius 2 is 2.15 bits per heavy atom. The molecular weight excluding hydrogens is 366 g/mol. The van der Waals surface area contributed by atoms with Gasteiger partial charge in [-0.3, -0.25) is 4.79 Å². The average molecular weight is 387 g/mol. The number of thioether (sulfide) groups is 1. The Bertz CT molecular complexity index is 935. The van der Waals surface area contributed by atoms with E-state index in [0.717, 1.165) is 11.3 Å². The molecule has 3 aromatic rings. The van der Waals surface area contributed by atoms with Crippen LogP contribution in [0.25, 0.3) is 5.69 Å². The largest absolute Gasteiger partial charge is 0.494 e. The first-order chi connectivity index (χ1) is 13.0. The van der Waals surface area contributed by atoms with Crippen LogP contribution in [-0.4, -0.2) is 48.8 Å². The summed E-state index contributed by atoms with van der Waals surface area (Å²) in [6.45, 7) is 5.98. The fraction of sp³-hybridized carbons (Fsp3) is 0.353. The summed E-state index contributed by atoms with van der Waals surface area (Å²) in [4.78, 5) is 12.3. The van der Waals surface area contributed by atoms with Crippen molar-refractivity contribution in [2.24, 2.45) is 0 Å². The number of aromatic nitrogens is 6. The fourth-order valence-electron chi connectivity index (χ4n) is 2.52. The Morgan fingerprint density at radius 1 is 1.33 bits per heavy atom. The van der Waals surface area contributed by atoms with Gasteiger partial charge in [0.25, 0.3) is 0 Å². The van der Waals surface area contributed by atoms with Crippen LogP contribution in [0.3, 0.4) is 0 Å². The van der Waals surface area contributed by atoms with E-state index >= 15 is 0 Å². The number of benzene rings is 1. The van der Waals surface area contributed by atoms with Crippen LogP contribution < -0.4 is 10.1 Å². The van der Waals surface area contributed by atoms with Crippen molar-refractivity contribution in [1.82, 2.24) is 30.0 Å². The Balaban J connectivity index is 1.71. The summed E-state index contributed by atoms with van der Waals surface area (Å²) in [5.41, 5.74) is 1.78. The molecule has 3 rings (SSSR count). The van der Waals surface area contributed by atoms with Crippen LogP contribution in [-0.2, 0) is 4.79 Å². The van der Waals surface area contributed by atoms with E-state index in [2.05, 4.69) is 25.9 Å². The Morgan fingerprint density at radius 3 is 2.89 bits per heavy atom. The SMILES string of the molecule is COc1ccc(C)cc1-n1nnnc1SCC(=O)Nc1ccnn1C(C)C. The molecule has 0 atom stereocenters. The molecule has 1 N–H and O–H groups in total. The lowest BCUT2D eigenvalue weighted by Crippen LogP contribution is -2.18. The highest BCUT2D eigenvalue weighted by Crippen LogP contribution is 2.27. The molecule has 0 bridgehead atoms. The van der Waals surface area contributed by atoms with E-state index < -0.39 is 0 Å². The van der Waals surface area contributed by atoms with Crippen LogP contribution in [0.15, 0.2) is 35.6 Å². The van der Waals surface area contributed by atoms with Gasteiger partial charge in [0.05, 0.1) is 19.1 Å². The standard InChI is InChI=1S/C17H21N7O2S/c1-11(2)23-15(7-8-18-23)19-16(25)10-27-17-20-21-22-24(17)13-9-12(3)5-6-14(13)26-4/h5-9,11H,10H2,1-4H3,(H,19,25). The van der Waals surface area contributed by atoms with Crippen molar-refractivity contribution in [3.05, 3.63) is 36.0 Å². The van der Waals surface area contributed by atoms with Crippen LogP contribution in [0.4, 0.5) is 5.82 Å². The lowest BCUT2D eigenvalue weighted by atomic mass is 10.2. The zero-order chi connectivity index (χ0) is 19.4. The van der Waals surface area contributed by atoms with Crippen molar-refractivity contribution >= 4 is 23.5 Å². The van der Waals surface area contributed by atoms with Crippen LogP contribution in [0.2, 0.25) is 0 Å². The second kappa shape index (κ2) is 8.21. The lowest BCUT2D eigenvalue weighted by Gasteiger charge is -2.12. The zero-order valence-electron chi connectivity index (χ0n) is 15.6. The highest BCUT2D eigenvalue weighted by atomic mass is 32.2. The van der Waals surface area contributed by atoms with Crippen LogP contribution in [0, 0.1) is 6.92 Å². The Labute approximate surface area is 161 Å². The monoisotopic (exact) mass is 387 g/mol. The predicted octanol–water partition coefficient (Wildman–Crippen LogP) is 2.49. The van der Waals surface area contributed by atoms with Gasteiger partial charge in [-0.15, -0.1) is 5.10 Å². The first-order valence-electron chi connectivity index (χ1n) is 8.39. The summed E-state index contributed by atoms with van der Waals surface area (Å²) in [5, 5.41) is 19.4. The summed E-state index contributed by atoms with van der Waals surface area (Å²) in [6.07, 6.45) is 1.66. The van der Waals surface area contributed by atoms with Gasteiger partial charge in [0.1, 0.15) is 17.3 Å². The van der Waals surface area contributed by atoms with E-state index in [1.165, 1.54) is 11.8 Å². The fourth-order valence-corrected chi connectivity index (χ4v) is 3.20. The minimum Gasteiger partial charge on any atom is -0.494 e. The van der Waals surface area contributed by atoms with Gasteiger partial charge < -0.3 is 10.1 Å². The van der Waals surface area contributed by atoms with Crippen LogP contribution in [0.5, 0.6) is 5.75 Å². The van der Waals surface area contributed by atoms with E-state index in [-0.39, 0.29) is 17.7 Å². The van der Waals surface area contributed by atoms with Crippen molar-refractivity contribution in [3.63, 3.8) is 0 Å². The maximum Gasteiger partial charge on any atom is 0.235 e. The molecule has 1 aromatic carbocycles. The molecule has 142 valence electrons. The minimum absolute atomic E-state index is 0.157. The molecular formula is C17H21N7O2S. The van der Waals surface area contributed by atoms with Crippen molar-refractivity contribution in [2.75, 3.05) is 18.2 Å².